The number of thiazole rings is 1. The lowest BCUT2D eigenvalue weighted by Crippen LogP contribution is -2.04. The van der Waals surface area contributed by atoms with Crippen LogP contribution in [0, 0.1) is 19.7 Å². The highest BCUT2D eigenvalue weighted by Gasteiger charge is 2.02. The van der Waals surface area contributed by atoms with Gasteiger partial charge in [0.05, 0.1) is 10.7 Å². The normalized spacial score (nSPS) is 10.5. The predicted molar refractivity (Wildman–Crippen MR) is 70.2 cm³/mol. The van der Waals surface area contributed by atoms with E-state index in [9.17, 15) is 4.39 Å². The summed E-state index contributed by atoms with van der Waals surface area (Å²) in [7, 11) is 0. The number of hydrogen-bond donors (Lipinski definition) is 1. The van der Waals surface area contributed by atoms with Crippen molar-refractivity contribution in [1.29, 1.82) is 0 Å². The number of nitrogens with one attached hydrogen (secondary N) is 1. The Morgan fingerprint density at radius 3 is 2.53 bits per heavy atom. The van der Waals surface area contributed by atoms with Crippen molar-refractivity contribution >= 4 is 17.0 Å². The van der Waals surface area contributed by atoms with Gasteiger partial charge in [0.15, 0.2) is 0 Å². The lowest BCUT2D eigenvalue weighted by molar-refractivity contribution is 0.628. The topological polar surface area (TPSA) is 24.9 Å². The number of nitrogens with zero attached hydrogens (tertiary/aromatic N) is 1. The Hall–Kier alpha value is -1.42. The third kappa shape index (κ3) is 3.27. The Morgan fingerprint density at radius 1 is 1.24 bits per heavy atom. The number of aryl methyl sites for hydroxylation is 2. The van der Waals surface area contributed by atoms with E-state index in [1.807, 2.05) is 6.92 Å². The monoisotopic (exact) mass is 250 g/mol. The van der Waals surface area contributed by atoms with Gasteiger partial charge in [-0.3, -0.25) is 0 Å². The van der Waals surface area contributed by atoms with E-state index in [1.165, 1.54) is 17.0 Å². The summed E-state index contributed by atoms with van der Waals surface area (Å²) < 4.78 is 12.7. The molecule has 0 radical (unpaired) electrons. The Labute approximate surface area is 105 Å². The molecular weight excluding hydrogens is 235 g/mol. The minimum absolute atomic E-state index is 0.207. The van der Waals surface area contributed by atoms with Crippen LogP contribution in [-0.4, -0.2) is 11.5 Å². The first-order valence-electron chi connectivity index (χ1n) is 5.57. The molecule has 0 aliphatic heterocycles. The van der Waals surface area contributed by atoms with Gasteiger partial charge in [-0.1, -0.05) is 0 Å². The zero-order chi connectivity index (χ0) is 12.3. The maximum absolute atomic E-state index is 12.7. The van der Waals surface area contributed by atoms with Crippen molar-refractivity contribution in [2.24, 2.45) is 0 Å². The predicted octanol–water partition coefficient (Wildman–Crippen LogP) is 3.55. The van der Waals surface area contributed by atoms with Crippen LogP contribution in [0.25, 0.3) is 0 Å². The number of hydrogen-bond acceptors (Lipinski definition) is 3. The minimum Gasteiger partial charge on any atom is -0.385 e. The molecule has 0 aliphatic carbocycles. The standard InChI is InChI=1S/C13H15FN2S/c1-9-10(2)17-13(16-9)7-8-15-12-5-3-11(14)4-6-12/h3-6,15H,7-8H2,1-2H3. The second kappa shape index (κ2) is 5.27. The second-order valence-corrected chi connectivity index (χ2v) is 5.22. The first-order chi connectivity index (χ1) is 8.15. The molecule has 0 fully saturated rings. The summed E-state index contributed by atoms with van der Waals surface area (Å²) in [4.78, 5) is 5.75. The highest BCUT2D eigenvalue weighted by molar-refractivity contribution is 7.11. The summed E-state index contributed by atoms with van der Waals surface area (Å²) in [5.74, 6) is -0.207. The number of anilines is 1. The zero-order valence-electron chi connectivity index (χ0n) is 9.96. The fourth-order valence-corrected chi connectivity index (χ4v) is 2.46. The van der Waals surface area contributed by atoms with Crippen molar-refractivity contribution in [3.05, 3.63) is 45.7 Å². The Balaban J connectivity index is 1.85. The van der Waals surface area contributed by atoms with Crippen LogP contribution in [0.2, 0.25) is 0 Å². The van der Waals surface area contributed by atoms with Gasteiger partial charge in [0, 0.05) is 23.5 Å². The van der Waals surface area contributed by atoms with Gasteiger partial charge in [0.2, 0.25) is 0 Å². The van der Waals surface area contributed by atoms with Crippen molar-refractivity contribution in [1.82, 2.24) is 4.98 Å². The minimum atomic E-state index is -0.207. The van der Waals surface area contributed by atoms with E-state index in [0.29, 0.717) is 0 Å². The molecule has 1 heterocycles. The van der Waals surface area contributed by atoms with Gasteiger partial charge >= 0.3 is 0 Å². The summed E-state index contributed by atoms with van der Waals surface area (Å²) in [5, 5.41) is 4.40. The molecule has 0 saturated carbocycles. The summed E-state index contributed by atoms with van der Waals surface area (Å²) in [5.41, 5.74) is 2.06. The largest absolute Gasteiger partial charge is 0.385 e. The summed E-state index contributed by atoms with van der Waals surface area (Å²) in [6.45, 7) is 4.94. The van der Waals surface area contributed by atoms with Gasteiger partial charge in [-0.2, -0.15) is 0 Å². The lowest BCUT2D eigenvalue weighted by Gasteiger charge is -2.04. The summed E-state index contributed by atoms with van der Waals surface area (Å²) in [6, 6.07) is 6.40. The highest BCUT2D eigenvalue weighted by atomic mass is 32.1. The maximum Gasteiger partial charge on any atom is 0.123 e. The zero-order valence-corrected chi connectivity index (χ0v) is 10.8. The SMILES string of the molecule is Cc1nc(CCNc2ccc(F)cc2)sc1C. The molecule has 0 aliphatic rings. The molecule has 4 heteroatoms. The number of aromatic nitrogens is 1. The Bertz CT molecular complexity index is 471. The van der Waals surface area contributed by atoms with Crippen LogP contribution in [0.1, 0.15) is 15.6 Å². The number of halogens is 1. The molecule has 90 valence electrons. The van der Waals surface area contributed by atoms with Crippen LogP contribution >= 0.6 is 11.3 Å². The smallest absolute Gasteiger partial charge is 0.123 e. The first kappa shape index (κ1) is 12.0. The van der Waals surface area contributed by atoms with Gasteiger partial charge < -0.3 is 5.32 Å². The first-order valence-corrected chi connectivity index (χ1v) is 6.39. The van der Waals surface area contributed by atoms with Crippen LogP contribution in [0.5, 0.6) is 0 Å². The second-order valence-electron chi connectivity index (χ2n) is 3.93. The average Bonchev–Trinajstić information content (AvgIpc) is 2.61. The number of rotatable bonds is 4. The van der Waals surface area contributed by atoms with Crippen LogP contribution in [0.15, 0.2) is 24.3 Å². The van der Waals surface area contributed by atoms with Crippen LogP contribution in [-0.2, 0) is 6.42 Å². The highest BCUT2D eigenvalue weighted by Crippen LogP contribution is 2.17. The van der Waals surface area contributed by atoms with Crippen molar-refractivity contribution in [2.75, 3.05) is 11.9 Å². The molecule has 0 saturated heterocycles. The molecule has 0 unspecified atom stereocenters. The van der Waals surface area contributed by atoms with E-state index < -0.39 is 0 Å². The molecule has 2 aromatic rings. The van der Waals surface area contributed by atoms with Gasteiger partial charge in [-0.05, 0) is 38.1 Å². The van der Waals surface area contributed by atoms with E-state index in [4.69, 9.17) is 0 Å². The maximum atomic E-state index is 12.7. The van der Waals surface area contributed by atoms with Gasteiger partial charge in [-0.15, -0.1) is 11.3 Å². The molecule has 1 aromatic heterocycles. The Morgan fingerprint density at radius 2 is 1.94 bits per heavy atom. The lowest BCUT2D eigenvalue weighted by atomic mass is 10.3. The molecule has 17 heavy (non-hydrogen) atoms. The van der Waals surface area contributed by atoms with Crippen LogP contribution in [0.4, 0.5) is 10.1 Å². The molecule has 0 amide bonds. The van der Waals surface area contributed by atoms with E-state index in [2.05, 4.69) is 17.2 Å². The quantitative estimate of drug-likeness (QED) is 0.897. The Kier molecular flexibility index (Phi) is 3.74. The van der Waals surface area contributed by atoms with Gasteiger partial charge in [0.25, 0.3) is 0 Å². The van der Waals surface area contributed by atoms with E-state index in [-0.39, 0.29) is 5.82 Å². The third-order valence-electron chi connectivity index (χ3n) is 2.59. The molecule has 0 atom stereocenters. The van der Waals surface area contributed by atoms with E-state index in [1.54, 1.807) is 23.5 Å². The molecule has 2 nitrogen and oxygen atoms in total. The fourth-order valence-electron chi connectivity index (χ4n) is 1.53. The van der Waals surface area contributed by atoms with Crippen LogP contribution < -0.4 is 5.32 Å². The van der Waals surface area contributed by atoms with Crippen molar-refractivity contribution in [3.8, 4) is 0 Å². The molecular formula is C13H15FN2S. The van der Waals surface area contributed by atoms with Crippen molar-refractivity contribution < 1.29 is 4.39 Å². The van der Waals surface area contributed by atoms with Crippen LogP contribution in [0.3, 0.4) is 0 Å². The third-order valence-corrected chi connectivity index (χ3v) is 3.72. The van der Waals surface area contributed by atoms with Gasteiger partial charge in [-0.25, -0.2) is 9.37 Å². The number of benzene rings is 1. The molecule has 2 rings (SSSR count). The average molecular weight is 250 g/mol. The van der Waals surface area contributed by atoms with E-state index in [0.717, 1.165) is 29.4 Å². The van der Waals surface area contributed by atoms with E-state index >= 15 is 0 Å². The van der Waals surface area contributed by atoms with Crippen molar-refractivity contribution in [2.45, 2.75) is 20.3 Å². The summed E-state index contributed by atoms with van der Waals surface area (Å²) >= 11 is 1.74. The molecule has 0 spiro atoms. The fraction of sp³-hybridized carbons (Fsp3) is 0.308. The van der Waals surface area contributed by atoms with Crippen molar-refractivity contribution in [3.63, 3.8) is 0 Å². The van der Waals surface area contributed by atoms with Gasteiger partial charge in [0.1, 0.15) is 5.82 Å². The molecule has 1 aromatic carbocycles. The molecule has 0 bridgehead atoms. The summed E-state index contributed by atoms with van der Waals surface area (Å²) in [6.07, 6.45) is 0.900. The molecule has 1 N–H and O–H groups in total.